The molecule has 0 rings (SSSR count). The van der Waals surface area contributed by atoms with Crippen molar-refractivity contribution in [3.05, 3.63) is 0 Å². The molecule has 1 unspecified atom stereocenters. The topological polar surface area (TPSA) is 92.4 Å². The van der Waals surface area contributed by atoms with Gasteiger partial charge in [0.25, 0.3) is 0 Å². The highest BCUT2D eigenvalue weighted by atomic mass is 16.4. The third-order valence-corrected chi connectivity index (χ3v) is 2.43. The maximum absolute atomic E-state index is 11.5. The summed E-state index contributed by atoms with van der Waals surface area (Å²) < 4.78 is 0. The van der Waals surface area contributed by atoms with Crippen molar-refractivity contribution in [2.75, 3.05) is 0 Å². The molecule has 0 saturated heterocycles. The average Bonchev–Trinajstić information content (AvgIpc) is 2.16. The number of aliphatic carboxylic acids is 1. The number of hydrogen-bond acceptors (Lipinski definition) is 3. The van der Waals surface area contributed by atoms with Gasteiger partial charge in [-0.1, -0.05) is 13.8 Å². The Labute approximate surface area is 83.7 Å². The first-order valence-electron chi connectivity index (χ1n) is 4.70. The molecule has 0 aliphatic carbocycles. The molecule has 0 aliphatic heterocycles. The van der Waals surface area contributed by atoms with E-state index in [2.05, 4.69) is 5.32 Å². The maximum atomic E-state index is 11.5. The molecular formula is C9H18N2O3. The molecule has 0 aromatic rings. The molecule has 0 bridgehead atoms. The summed E-state index contributed by atoms with van der Waals surface area (Å²) in [7, 11) is 0. The number of carbonyl (C=O) groups excluding carboxylic acids is 1. The molecule has 0 spiro atoms. The number of nitrogens with two attached hydrogens (primary N) is 1. The monoisotopic (exact) mass is 202 g/mol. The fourth-order valence-corrected chi connectivity index (χ4v) is 0.973. The summed E-state index contributed by atoms with van der Waals surface area (Å²) in [5, 5.41) is 10.9. The Morgan fingerprint density at radius 3 is 2.14 bits per heavy atom. The summed E-state index contributed by atoms with van der Waals surface area (Å²) in [5.74, 6) is -1.47. The van der Waals surface area contributed by atoms with Crippen LogP contribution in [0.2, 0.25) is 0 Å². The summed E-state index contributed by atoms with van der Waals surface area (Å²) in [6.45, 7) is 5.01. The van der Waals surface area contributed by atoms with Crippen LogP contribution in [0.25, 0.3) is 0 Å². The van der Waals surface area contributed by atoms with E-state index >= 15 is 0 Å². The highest BCUT2D eigenvalue weighted by Gasteiger charge is 2.31. The first-order chi connectivity index (χ1) is 6.37. The lowest BCUT2D eigenvalue weighted by atomic mass is 9.93. The van der Waals surface area contributed by atoms with E-state index in [1.165, 1.54) is 6.92 Å². The number of carbonyl (C=O) groups is 2. The van der Waals surface area contributed by atoms with Gasteiger partial charge in [-0.15, -0.1) is 0 Å². The van der Waals surface area contributed by atoms with Crippen molar-refractivity contribution in [3.8, 4) is 0 Å². The predicted octanol–water partition coefficient (Wildman–Crippen LogP) is 0.0932. The molecule has 5 nitrogen and oxygen atoms in total. The van der Waals surface area contributed by atoms with E-state index in [0.29, 0.717) is 12.8 Å². The Hall–Kier alpha value is -1.10. The Balaban J connectivity index is 4.40. The molecule has 0 fully saturated rings. The van der Waals surface area contributed by atoms with Gasteiger partial charge in [0.05, 0.1) is 5.54 Å². The first-order valence-corrected chi connectivity index (χ1v) is 4.70. The van der Waals surface area contributed by atoms with Crippen LogP contribution in [-0.2, 0) is 9.59 Å². The third-order valence-electron chi connectivity index (χ3n) is 2.43. The van der Waals surface area contributed by atoms with Gasteiger partial charge >= 0.3 is 5.97 Å². The Morgan fingerprint density at radius 1 is 1.43 bits per heavy atom. The SMILES string of the molecule is CCC(N)(CC)C(=O)NC(C)C(=O)O. The van der Waals surface area contributed by atoms with Gasteiger partial charge in [-0.3, -0.25) is 9.59 Å². The van der Waals surface area contributed by atoms with Crippen molar-refractivity contribution < 1.29 is 14.7 Å². The zero-order valence-electron chi connectivity index (χ0n) is 8.83. The van der Waals surface area contributed by atoms with E-state index < -0.39 is 23.5 Å². The van der Waals surface area contributed by atoms with E-state index in [1.54, 1.807) is 13.8 Å². The van der Waals surface area contributed by atoms with Crippen molar-refractivity contribution in [1.29, 1.82) is 0 Å². The number of rotatable bonds is 5. The van der Waals surface area contributed by atoms with Crippen molar-refractivity contribution in [2.24, 2.45) is 5.73 Å². The minimum Gasteiger partial charge on any atom is -0.480 e. The second-order valence-electron chi connectivity index (χ2n) is 3.40. The number of hydrogen-bond donors (Lipinski definition) is 3. The van der Waals surface area contributed by atoms with Crippen molar-refractivity contribution in [3.63, 3.8) is 0 Å². The van der Waals surface area contributed by atoms with Gasteiger partial charge in [0.2, 0.25) is 5.91 Å². The minimum atomic E-state index is -1.06. The number of amides is 1. The van der Waals surface area contributed by atoms with E-state index in [4.69, 9.17) is 10.8 Å². The molecule has 0 saturated carbocycles. The van der Waals surface area contributed by atoms with Crippen molar-refractivity contribution >= 4 is 11.9 Å². The molecule has 0 aromatic carbocycles. The largest absolute Gasteiger partial charge is 0.480 e. The second kappa shape index (κ2) is 4.95. The fraction of sp³-hybridized carbons (Fsp3) is 0.778. The number of nitrogens with one attached hydrogen (secondary N) is 1. The van der Waals surface area contributed by atoms with Crippen LogP contribution in [0, 0.1) is 0 Å². The lowest BCUT2D eigenvalue weighted by Gasteiger charge is -2.26. The summed E-state index contributed by atoms with van der Waals surface area (Å²) >= 11 is 0. The predicted molar refractivity (Wildman–Crippen MR) is 52.7 cm³/mol. The molecule has 0 radical (unpaired) electrons. The van der Waals surface area contributed by atoms with Crippen molar-refractivity contribution in [2.45, 2.75) is 45.2 Å². The summed E-state index contributed by atoms with van der Waals surface area (Å²) in [6.07, 6.45) is 0.976. The fourth-order valence-electron chi connectivity index (χ4n) is 0.973. The van der Waals surface area contributed by atoms with E-state index in [9.17, 15) is 9.59 Å². The Bertz CT molecular complexity index is 224. The highest BCUT2D eigenvalue weighted by Crippen LogP contribution is 2.11. The van der Waals surface area contributed by atoms with Gasteiger partial charge in [-0.05, 0) is 19.8 Å². The van der Waals surface area contributed by atoms with Gasteiger partial charge in [-0.25, -0.2) is 0 Å². The average molecular weight is 202 g/mol. The smallest absolute Gasteiger partial charge is 0.325 e. The standard InChI is InChI=1S/C9H18N2O3/c1-4-9(10,5-2)8(14)11-6(3)7(12)13/h6H,4-5,10H2,1-3H3,(H,11,14)(H,12,13). The van der Waals surface area contributed by atoms with Crippen LogP contribution >= 0.6 is 0 Å². The molecule has 4 N–H and O–H groups in total. The molecule has 5 heteroatoms. The van der Waals surface area contributed by atoms with Gasteiger partial charge < -0.3 is 16.2 Å². The summed E-state index contributed by atoms with van der Waals surface area (Å²) in [5.41, 5.74) is 4.83. The molecule has 0 aromatic heterocycles. The van der Waals surface area contributed by atoms with Crippen LogP contribution in [0.5, 0.6) is 0 Å². The minimum absolute atomic E-state index is 0.405. The van der Waals surface area contributed by atoms with E-state index in [-0.39, 0.29) is 0 Å². The van der Waals surface area contributed by atoms with Crippen LogP contribution in [0.1, 0.15) is 33.6 Å². The lowest BCUT2D eigenvalue weighted by Crippen LogP contribution is -2.56. The number of carboxylic acid groups (broad SMARTS) is 1. The zero-order valence-corrected chi connectivity index (χ0v) is 8.83. The quantitative estimate of drug-likeness (QED) is 0.589. The van der Waals surface area contributed by atoms with Crippen LogP contribution in [0.4, 0.5) is 0 Å². The third kappa shape index (κ3) is 2.99. The Kier molecular flexibility index (Phi) is 4.56. The summed E-state index contributed by atoms with van der Waals surface area (Å²) in [6, 6.07) is -0.900. The molecular weight excluding hydrogens is 184 g/mol. The number of carboxylic acids is 1. The zero-order chi connectivity index (χ0) is 11.4. The van der Waals surface area contributed by atoms with Crippen LogP contribution in [0.15, 0.2) is 0 Å². The van der Waals surface area contributed by atoms with E-state index in [1.807, 2.05) is 0 Å². The highest BCUT2D eigenvalue weighted by molar-refractivity contribution is 5.89. The molecule has 0 aliphatic rings. The van der Waals surface area contributed by atoms with Gasteiger partial charge in [0.1, 0.15) is 6.04 Å². The van der Waals surface area contributed by atoms with E-state index in [0.717, 1.165) is 0 Å². The molecule has 14 heavy (non-hydrogen) atoms. The lowest BCUT2D eigenvalue weighted by molar-refractivity contribution is -0.142. The molecule has 1 atom stereocenters. The maximum Gasteiger partial charge on any atom is 0.325 e. The van der Waals surface area contributed by atoms with Crippen LogP contribution in [0.3, 0.4) is 0 Å². The van der Waals surface area contributed by atoms with Crippen LogP contribution in [-0.4, -0.2) is 28.6 Å². The summed E-state index contributed by atoms with van der Waals surface area (Å²) in [4.78, 5) is 22.0. The van der Waals surface area contributed by atoms with Gasteiger partial charge in [0, 0.05) is 0 Å². The Morgan fingerprint density at radius 2 is 1.86 bits per heavy atom. The van der Waals surface area contributed by atoms with Crippen molar-refractivity contribution in [1.82, 2.24) is 5.32 Å². The second-order valence-corrected chi connectivity index (χ2v) is 3.40. The van der Waals surface area contributed by atoms with Gasteiger partial charge in [-0.2, -0.15) is 0 Å². The molecule has 82 valence electrons. The van der Waals surface area contributed by atoms with Crippen LogP contribution < -0.4 is 11.1 Å². The first kappa shape index (κ1) is 12.9. The van der Waals surface area contributed by atoms with Gasteiger partial charge in [0.15, 0.2) is 0 Å². The molecule has 0 heterocycles. The molecule has 1 amide bonds. The normalized spacial score (nSPS) is 13.4.